The summed E-state index contributed by atoms with van der Waals surface area (Å²) in [5, 5.41) is 3.66. The summed E-state index contributed by atoms with van der Waals surface area (Å²) < 4.78 is 29.9. The summed E-state index contributed by atoms with van der Waals surface area (Å²) in [7, 11) is -1.75. The van der Waals surface area contributed by atoms with Crippen LogP contribution in [0.2, 0.25) is 0 Å². The van der Waals surface area contributed by atoms with Crippen molar-refractivity contribution in [2.75, 3.05) is 23.4 Å². The van der Waals surface area contributed by atoms with Crippen LogP contribution >= 0.6 is 0 Å². The maximum Gasteiger partial charge on any atom is 0.272 e. The van der Waals surface area contributed by atoms with E-state index in [0.717, 1.165) is 17.2 Å². The van der Waals surface area contributed by atoms with Crippen LogP contribution in [0.25, 0.3) is 10.9 Å². The van der Waals surface area contributed by atoms with E-state index in [4.69, 9.17) is 4.74 Å². The van der Waals surface area contributed by atoms with Gasteiger partial charge in [-0.25, -0.2) is 8.42 Å². The molecule has 0 spiro atoms. The largest absolute Gasteiger partial charge is 0.497 e. The number of aromatic amines is 1. The highest BCUT2D eigenvalue weighted by Crippen LogP contribution is 2.22. The van der Waals surface area contributed by atoms with E-state index >= 15 is 0 Å². The Morgan fingerprint density at radius 2 is 1.72 bits per heavy atom. The average molecular weight is 359 g/mol. The van der Waals surface area contributed by atoms with Crippen LogP contribution in [-0.4, -0.2) is 32.7 Å². The molecule has 0 unspecified atom stereocenters. The van der Waals surface area contributed by atoms with E-state index in [9.17, 15) is 13.2 Å². The number of fused-ring (bicyclic) bond motifs is 1. The Morgan fingerprint density at radius 3 is 2.36 bits per heavy atom. The first kappa shape index (κ1) is 16.8. The summed E-state index contributed by atoms with van der Waals surface area (Å²) in [5.41, 5.74) is 2.21. The number of nitrogens with one attached hydrogen (secondary N) is 3. The molecule has 130 valence electrons. The van der Waals surface area contributed by atoms with E-state index in [1.165, 1.54) is 0 Å². The molecule has 3 rings (SSSR count). The first-order valence-electron chi connectivity index (χ1n) is 7.40. The van der Waals surface area contributed by atoms with Gasteiger partial charge in [0.05, 0.1) is 13.4 Å². The lowest BCUT2D eigenvalue weighted by molar-refractivity contribution is 0.102. The number of amides is 1. The van der Waals surface area contributed by atoms with E-state index in [1.54, 1.807) is 37.4 Å². The van der Waals surface area contributed by atoms with E-state index in [1.807, 2.05) is 18.2 Å². The molecule has 3 aromatic rings. The van der Waals surface area contributed by atoms with Crippen LogP contribution in [0.4, 0.5) is 11.4 Å². The first-order chi connectivity index (χ1) is 11.8. The van der Waals surface area contributed by atoms with Crippen molar-refractivity contribution in [3.63, 3.8) is 0 Å². The van der Waals surface area contributed by atoms with Crippen molar-refractivity contribution in [1.82, 2.24) is 4.98 Å². The van der Waals surface area contributed by atoms with Crippen molar-refractivity contribution in [2.24, 2.45) is 0 Å². The molecule has 25 heavy (non-hydrogen) atoms. The first-order valence-corrected chi connectivity index (χ1v) is 9.29. The van der Waals surface area contributed by atoms with Gasteiger partial charge in [0.25, 0.3) is 5.91 Å². The van der Waals surface area contributed by atoms with Gasteiger partial charge in [-0.05, 0) is 42.5 Å². The molecule has 0 aliphatic heterocycles. The third kappa shape index (κ3) is 4.10. The monoisotopic (exact) mass is 359 g/mol. The highest BCUT2D eigenvalue weighted by atomic mass is 32.2. The minimum atomic E-state index is -3.33. The number of anilines is 2. The lowest BCUT2D eigenvalue weighted by atomic mass is 10.2. The second-order valence-electron chi connectivity index (χ2n) is 5.54. The number of aromatic nitrogens is 1. The number of ether oxygens (including phenoxy) is 1. The molecule has 2 aromatic carbocycles. The average Bonchev–Trinajstić information content (AvgIpc) is 2.98. The topological polar surface area (TPSA) is 100 Å². The standard InChI is InChI=1S/C17H17N3O4S/c1-24-14-8-3-11-9-16(19-15(11)10-14)17(21)18-12-4-6-13(7-5-12)20-25(2,22)23/h3-10,19-20H,1-2H3,(H,18,21). The van der Waals surface area contributed by atoms with Gasteiger partial charge in [0, 0.05) is 28.3 Å². The maximum absolute atomic E-state index is 12.4. The van der Waals surface area contributed by atoms with Crippen molar-refractivity contribution in [1.29, 1.82) is 0 Å². The van der Waals surface area contributed by atoms with Gasteiger partial charge in [-0.2, -0.15) is 0 Å². The lowest BCUT2D eigenvalue weighted by Crippen LogP contribution is -2.12. The quantitative estimate of drug-likeness (QED) is 0.652. The van der Waals surface area contributed by atoms with Gasteiger partial charge in [-0.3, -0.25) is 9.52 Å². The molecular formula is C17H17N3O4S. The summed E-state index contributed by atoms with van der Waals surface area (Å²) in [6, 6.07) is 13.7. The predicted molar refractivity (Wildman–Crippen MR) is 97.7 cm³/mol. The molecule has 7 nitrogen and oxygen atoms in total. The molecule has 0 aliphatic rings. The van der Waals surface area contributed by atoms with Gasteiger partial charge in [-0.1, -0.05) is 0 Å². The fraction of sp³-hybridized carbons (Fsp3) is 0.118. The van der Waals surface area contributed by atoms with Gasteiger partial charge in [0.1, 0.15) is 11.4 Å². The van der Waals surface area contributed by atoms with Crippen LogP contribution in [0.5, 0.6) is 5.75 Å². The number of H-pyrrole nitrogens is 1. The number of carbonyl (C=O) groups is 1. The molecule has 0 bridgehead atoms. The smallest absolute Gasteiger partial charge is 0.272 e. The lowest BCUT2D eigenvalue weighted by Gasteiger charge is -2.06. The summed E-state index contributed by atoms with van der Waals surface area (Å²) in [4.78, 5) is 15.4. The summed E-state index contributed by atoms with van der Waals surface area (Å²) in [6.45, 7) is 0. The second-order valence-corrected chi connectivity index (χ2v) is 7.29. The minimum Gasteiger partial charge on any atom is -0.497 e. The SMILES string of the molecule is COc1ccc2cc(C(=O)Nc3ccc(NS(C)(=O)=O)cc3)[nH]c2c1. The molecule has 0 saturated carbocycles. The number of benzene rings is 2. The van der Waals surface area contributed by atoms with Crippen LogP contribution in [0.15, 0.2) is 48.5 Å². The molecule has 0 fully saturated rings. The summed E-state index contributed by atoms with van der Waals surface area (Å²) >= 11 is 0. The molecule has 8 heteroatoms. The van der Waals surface area contributed by atoms with E-state index < -0.39 is 10.0 Å². The van der Waals surface area contributed by atoms with Crippen LogP contribution in [0, 0.1) is 0 Å². The second kappa shape index (κ2) is 6.48. The van der Waals surface area contributed by atoms with Gasteiger partial charge >= 0.3 is 0 Å². The molecule has 0 aliphatic carbocycles. The van der Waals surface area contributed by atoms with E-state index in [2.05, 4.69) is 15.0 Å². The van der Waals surface area contributed by atoms with Gasteiger partial charge < -0.3 is 15.0 Å². The van der Waals surface area contributed by atoms with Gasteiger partial charge in [-0.15, -0.1) is 0 Å². The molecule has 1 amide bonds. The van der Waals surface area contributed by atoms with Crippen LogP contribution < -0.4 is 14.8 Å². The Bertz CT molecular complexity index is 1020. The number of methoxy groups -OCH3 is 1. The Balaban J connectivity index is 1.75. The fourth-order valence-electron chi connectivity index (χ4n) is 2.39. The van der Waals surface area contributed by atoms with Crippen molar-refractivity contribution in [2.45, 2.75) is 0 Å². The van der Waals surface area contributed by atoms with Crippen LogP contribution in [0.1, 0.15) is 10.5 Å². The highest BCUT2D eigenvalue weighted by molar-refractivity contribution is 7.92. The Hall–Kier alpha value is -3.00. The molecule has 0 atom stereocenters. The van der Waals surface area contributed by atoms with Crippen molar-refractivity contribution < 1.29 is 17.9 Å². The number of hydrogen-bond donors (Lipinski definition) is 3. The molecule has 3 N–H and O–H groups in total. The zero-order valence-electron chi connectivity index (χ0n) is 13.7. The van der Waals surface area contributed by atoms with Gasteiger partial charge in [0.15, 0.2) is 0 Å². The Kier molecular flexibility index (Phi) is 4.37. The minimum absolute atomic E-state index is 0.293. The van der Waals surface area contributed by atoms with Crippen LogP contribution in [-0.2, 0) is 10.0 Å². The van der Waals surface area contributed by atoms with E-state index in [-0.39, 0.29) is 5.91 Å². The van der Waals surface area contributed by atoms with Crippen molar-refractivity contribution in [3.05, 3.63) is 54.2 Å². The number of carbonyl (C=O) groups excluding carboxylic acids is 1. The zero-order valence-corrected chi connectivity index (χ0v) is 14.5. The summed E-state index contributed by atoms with van der Waals surface area (Å²) in [5.74, 6) is 0.411. The molecule has 1 aromatic heterocycles. The normalized spacial score (nSPS) is 11.3. The van der Waals surface area contributed by atoms with Gasteiger partial charge in [0.2, 0.25) is 10.0 Å². The predicted octanol–water partition coefficient (Wildman–Crippen LogP) is 2.80. The van der Waals surface area contributed by atoms with Crippen molar-refractivity contribution in [3.8, 4) is 5.75 Å². The Morgan fingerprint density at radius 1 is 1.04 bits per heavy atom. The number of sulfonamides is 1. The number of rotatable bonds is 5. The molecule has 0 radical (unpaired) electrons. The fourth-order valence-corrected chi connectivity index (χ4v) is 2.95. The molecule has 0 saturated heterocycles. The molecular weight excluding hydrogens is 342 g/mol. The third-order valence-electron chi connectivity index (χ3n) is 3.52. The maximum atomic E-state index is 12.4. The summed E-state index contributed by atoms with van der Waals surface area (Å²) in [6.07, 6.45) is 1.08. The number of hydrogen-bond acceptors (Lipinski definition) is 4. The van der Waals surface area contributed by atoms with Crippen molar-refractivity contribution >= 4 is 38.2 Å². The Labute approximate surface area is 145 Å². The third-order valence-corrected chi connectivity index (χ3v) is 4.13. The highest BCUT2D eigenvalue weighted by Gasteiger charge is 2.11. The zero-order chi connectivity index (χ0) is 18.0. The van der Waals surface area contributed by atoms with Crippen LogP contribution in [0.3, 0.4) is 0 Å². The van der Waals surface area contributed by atoms with E-state index in [0.29, 0.717) is 22.8 Å². The molecule has 1 heterocycles.